The molecule has 0 unspecified atom stereocenters. The molecule has 0 spiro atoms. The fourth-order valence-electron chi connectivity index (χ4n) is 1.99. The molecule has 0 atom stereocenters. The Balaban J connectivity index is 1.83. The van der Waals surface area contributed by atoms with Crippen molar-refractivity contribution in [1.29, 1.82) is 0 Å². The predicted molar refractivity (Wildman–Crippen MR) is 86.3 cm³/mol. The Morgan fingerprint density at radius 2 is 2.14 bits per heavy atom. The Morgan fingerprint density at radius 3 is 2.77 bits per heavy atom. The van der Waals surface area contributed by atoms with Crippen LogP contribution in [0, 0.1) is 0 Å². The topological polar surface area (TPSA) is 92.3 Å². The summed E-state index contributed by atoms with van der Waals surface area (Å²) in [5.41, 5.74) is 0.155. The first-order valence-corrected chi connectivity index (χ1v) is 10.1. The van der Waals surface area contributed by atoms with Crippen LogP contribution in [0.4, 0.5) is 0 Å². The number of rotatable bonds is 5. The van der Waals surface area contributed by atoms with Crippen molar-refractivity contribution in [2.24, 2.45) is 0 Å². The second-order valence-electron chi connectivity index (χ2n) is 4.80. The molecule has 1 aromatic heterocycles. The summed E-state index contributed by atoms with van der Waals surface area (Å²) in [6.45, 7) is 2.01. The van der Waals surface area contributed by atoms with Gasteiger partial charge in [0.15, 0.2) is 20.7 Å². The number of nitrogens with one attached hydrogen (secondary N) is 1. The van der Waals surface area contributed by atoms with Crippen LogP contribution in [-0.4, -0.2) is 73.1 Å². The highest BCUT2D eigenvalue weighted by atomic mass is 35.5. The maximum atomic E-state index is 12.1. The molecule has 0 saturated carbocycles. The molecule has 1 aromatic rings. The van der Waals surface area contributed by atoms with E-state index in [4.69, 9.17) is 11.6 Å². The van der Waals surface area contributed by atoms with Gasteiger partial charge in [-0.25, -0.2) is 18.4 Å². The summed E-state index contributed by atoms with van der Waals surface area (Å²) in [5.74, 6) is -0.00161. The lowest BCUT2D eigenvalue weighted by Gasteiger charge is -2.26. The first-order chi connectivity index (χ1) is 10.4. The molecule has 1 aliphatic heterocycles. The highest BCUT2D eigenvalue weighted by Gasteiger charge is 2.21. The molecule has 0 radical (unpaired) electrons. The van der Waals surface area contributed by atoms with E-state index in [9.17, 15) is 13.2 Å². The van der Waals surface area contributed by atoms with Crippen LogP contribution < -0.4 is 5.32 Å². The van der Waals surface area contributed by atoms with Gasteiger partial charge in [0.25, 0.3) is 5.91 Å². The average molecular weight is 365 g/mol. The molecule has 0 aliphatic carbocycles. The average Bonchev–Trinajstić information content (AvgIpc) is 2.49. The van der Waals surface area contributed by atoms with Gasteiger partial charge in [-0.15, -0.1) is 0 Å². The van der Waals surface area contributed by atoms with Crippen molar-refractivity contribution in [3.8, 4) is 0 Å². The van der Waals surface area contributed by atoms with E-state index in [1.165, 1.54) is 18.0 Å². The van der Waals surface area contributed by atoms with E-state index in [0.29, 0.717) is 31.3 Å². The molecule has 1 amide bonds. The number of halogens is 1. The summed E-state index contributed by atoms with van der Waals surface area (Å²) in [5, 5.41) is 3.44. The van der Waals surface area contributed by atoms with Gasteiger partial charge < -0.3 is 5.32 Å². The Kier molecular flexibility index (Phi) is 6.01. The van der Waals surface area contributed by atoms with Crippen molar-refractivity contribution in [3.63, 3.8) is 0 Å². The number of nitrogens with zero attached hydrogens (tertiary/aromatic N) is 3. The number of hydrogen-bond donors (Lipinski definition) is 1. The number of hydrogen-bond acceptors (Lipinski definition) is 7. The monoisotopic (exact) mass is 364 g/mol. The molecule has 122 valence electrons. The van der Waals surface area contributed by atoms with Crippen LogP contribution in [0.1, 0.15) is 10.5 Å². The Bertz CT molecular complexity index is 640. The number of sulfone groups is 1. The lowest BCUT2D eigenvalue weighted by atomic mass is 10.3. The van der Waals surface area contributed by atoms with Crippen molar-refractivity contribution < 1.29 is 13.2 Å². The van der Waals surface area contributed by atoms with Crippen LogP contribution in [-0.2, 0) is 9.84 Å². The minimum absolute atomic E-state index is 0.155. The van der Waals surface area contributed by atoms with Gasteiger partial charge in [0, 0.05) is 26.2 Å². The van der Waals surface area contributed by atoms with Crippen LogP contribution in [0.15, 0.2) is 11.4 Å². The van der Waals surface area contributed by atoms with Gasteiger partial charge in [-0.1, -0.05) is 23.4 Å². The molecule has 2 heterocycles. The van der Waals surface area contributed by atoms with Crippen LogP contribution in [0.3, 0.4) is 0 Å². The lowest BCUT2D eigenvalue weighted by molar-refractivity contribution is 0.0943. The number of aromatic nitrogens is 2. The first kappa shape index (κ1) is 17.5. The van der Waals surface area contributed by atoms with Gasteiger partial charge in [-0.3, -0.25) is 9.69 Å². The highest BCUT2D eigenvalue weighted by molar-refractivity contribution is 7.98. The summed E-state index contributed by atoms with van der Waals surface area (Å²) in [7, 11) is -2.88. The summed E-state index contributed by atoms with van der Waals surface area (Å²) < 4.78 is 22.7. The molecule has 7 nitrogen and oxygen atoms in total. The van der Waals surface area contributed by atoms with Gasteiger partial charge in [0.2, 0.25) is 0 Å². The quantitative estimate of drug-likeness (QED) is 0.593. The second-order valence-corrected chi connectivity index (χ2v) is 8.29. The van der Waals surface area contributed by atoms with E-state index in [1.807, 2.05) is 11.2 Å². The Labute approximate surface area is 138 Å². The third-order valence-electron chi connectivity index (χ3n) is 3.27. The maximum absolute atomic E-state index is 12.1. The van der Waals surface area contributed by atoms with Crippen molar-refractivity contribution in [1.82, 2.24) is 20.2 Å². The van der Waals surface area contributed by atoms with Gasteiger partial charge >= 0.3 is 0 Å². The summed E-state index contributed by atoms with van der Waals surface area (Å²) in [6, 6.07) is 0. The molecular weight excluding hydrogens is 348 g/mol. The van der Waals surface area contributed by atoms with Crippen LogP contribution in [0.2, 0.25) is 5.02 Å². The fourth-order valence-corrected chi connectivity index (χ4v) is 3.79. The molecule has 2 rings (SSSR count). The zero-order valence-corrected chi connectivity index (χ0v) is 14.5. The standard InChI is InChI=1S/C12H17ClN4O3S2/c1-21-12-15-8-9(13)10(16-12)11(18)14-2-3-17-4-6-22(19,20)7-5-17/h8H,2-7H2,1H3,(H,14,18). The fraction of sp³-hybridized carbons (Fsp3) is 0.583. The number of carbonyl (C=O) groups is 1. The maximum Gasteiger partial charge on any atom is 0.271 e. The zero-order valence-electron chi connectivity index (χ0n) is 12.1. The number of carbonyl (C=O) groups excluding carboxylic acids is 1. The Morgan fingerprint density at radius 1 is 1.45 bits per heavy atom. The van der Waals surface area contributed by atoms with Crippen LogP contribution >= 0.6 is 23.4 Å². The van der Waals surface area contributed by atoms with Crippen LogP contribution in [0.25, 0.3) is 0 Å². The molecule has 1 fully saturated rings. The smallest absolute Gasteiger partial charge is 0.271 e. The third-order valence-corrected chi connectivity index (χ3v) is 5.72. The van der Waals surface area contributed by atoms with Crippen LogP contribution in [0.5, 0.6) is 0 Å². The van der Waals surface area contributed by atoms with Crippen molar-refractivity contribution in [2.75, 3.05) is 43.9 Å². The van der Waals surface area contributed by atoms with Gasteiger partial charge in [0.1, 0.15) is 0 Å². The van der Waals surface area contributed by atoms with E-state index in [-0.39, 0.29) is 28.1 Å². The molecule has 0 bridgehead atoms. The highest BCUT2D eigenvalue weighted by Crippen LogP contribution is 2.16. The number of thioether (sulfide) groups is 1. The van der Waals surface area contributed by atoms with E-state index >= 15 is 0 Å². The predicted octanol–water partition coefficient (Wildman–Crippen LogP) is 0.312. The van der Waals surface area contributed by atoms with Crippen molar-refractivity contribution in [3.05, 3.63) is 16.9 Å². The van der Waals surface area contributed by atoms with Crippen molar-refractivity contribution in [2.45, 2.75) is 5.16 Å². The molecule has 22 heavy (non-hydrogen) atoms. The summed E-state index contributed by atoms with van der Waals surface area (Å²) in [6.07, 6.45) is 3.22. The molecule has 1 N–H and O–H groups in total. The van der Waals surface area contributed by atoms with Gasteiger partial charge in [0.05, 0.1) is 22.7 Å². The molecular formula is C12H17ClN4O3S2. The SMILES string of the molecule is CSc1ncc(Cl)c(C(=O)NCCN2CCS(=O)(=O)CC2)n1. The minimum Gasteiger partial charge on any atom is -0.349 e. The Hall–Kier alpha value is -0.900. The normalized spacial score (nSPS) is 18.1. The molecule has 1 saturated heterocycles. The number of amides is 1. The zero-order chi connectivity index (χ0) is 16.2. The largest absolute Gasteiger partial charge is 0.349 e. The summed E-state index contributed by atoms with van der Waals surface area (Å²) >= 11 is 7.26. The van der Waals surface area contributed by atoms with Gasteiger partial charge in [-0.05, 0) is 6.26 Å². The molecule has 10 heteroatoms. The summed E-state index contributed by atoms with van der Waals surface area (Å²) in [4.78, 5) is 22.2. The van der Waals surface area contributed by atoms with Crippen molar-refractivity contribution >= 4 is 39.1 Å². The third kappa shape index (κ3) is 4.80. The first-order valence-electron chi connectivity index (χ1n) is 6.69. The van der Waals surface area contributed by atoms with Gasteiger partial charge in [-0.2, -0.15) is 0 Å². The van der Waals surface area contributed by atoms with E-state index in [0.717, 1.165) is 0 Å². The second kappa shape index (κ2) is 7.58. The van der Waals surface area contributed by atoms with E-state index < -0.39 is 9.84 Å². The van der Waals surface area contributed by atoms with E-state index in [1.54, 1.807) is 0 Å². The van der Waals surface area contributed by atoms with E-state index in [2.05, 4.69) is 15.3 Å². The minimum atomic E-state index is -2.88. The lowest BCUT2D eigenvalue weighted by Crippen LogP contribution is -2.43. The molecule has 1 aliphatic rings. The molecule has 0 aromatic carbocycles.